The lowest BCUT2D eigenvalue weighted by Crippen LogP contribution is -2.42. The Kier molecular flexibility index (Phi) is 5.11. The molecule has 2 heterocycles. The molecule has 2 aromatic rings. The minimum absolute atomic E-state index is 0.145. The van der Waals surface area contributed by atoms with Gasteiger partial charge in [0, 0.05) is 25.2 Å². The second-order valence-electron chi connectivity index (χ2n) is 6.39. The van der Waals surface area contributed by atoms with Crippen LogP contribution in [0.2, 0.25) is 0 Å². The van der Waals surface area contributed by atoms with Crippen LogP contribution in [-0.4, -0.2) is 29.8 Å². The maximum atomic E-state index is 12.6. The fraction of sp³-hybridized carbons (Fsp3) is 0.333. The highest BCUT2D eigenvalue weighted by molar-refractivity contribution is 6.03. The molecule has 1 aliphatic heterocycles. The van der Waals surface area contributed by atoms with Gasteiger partial charge in [-0.25, -0.2) is 0 Å². The van der Waals surface area contributed by atoms with Crippen molar-refractivity contribution in [1.82, 2.24) is 10.9 Å². The van der Waals surface area contributed by atoms with Crippen LogP contribution in [0.1, 0.15) is 45.1 Å². The van der Waals surface area contributed by atoms with Crippen molar-refractivity contribution in [2.75, 3.05) is 18.0 Å². The number of nitro groups is 1. The number of nitrogens with zero attached hydrogens (tertiary/aromatic N) is 2. The first-order valence-corrected chi connectivity index (χ1v) is 8.58. The molecular weight excluding hydrogens is 352 g/mol. The molecule has 1 fully saturated rings. The number of furan rings is 1. The van der Waals surface area contributed by atoms with Crippen LogP contribution in [0.5, 0.6) is 0 Å². The predicted molar refractivity (Wildman–Crippen MR) is 97.7 cm³/mol. The Morgan fingerprint density at radius 1 is 1.07 bits per heavy atom. The molecular formula is C18H20N4O5. The van der Waals surface area contributed by atoms with Crippen LogP contribution in [0, 0.1) is 24.0 Å². The van der Waals surface area contributed by atoms with Crippen LogP contribution in [0.15, 0.2) is 28.7 Å². The molecule has 1 aromatic carbocycles. The summed E-state index contributed by atoms with van der Waals surface area (Å²) in [5.74, 6) is -0.121. The molecule has 27 heavy (non-hydrogen) atoms. The van der Waals surface area contributed by atoms with E-state index in [9.17, 15) is 19.7 Å². The third kappa shape index (κ3) is 3.91. The molecule has 0 atom stereocenters. The van der Waals surface area contributed by atoms with Gasteiger partial charge in [-0.15, -0.1) is 0 Å². The average molecular weight is 372 g/mol. The van der Waals surface area contributed by atoms with Crippen molar-refractivity contribution in [2.24, 2.45) is 0 Å². The van der Waals surface area contributed by atoms with Gasteiger partial charge in [0.25, 0.3) is 17.5 Å². The SMILES string of the molecule is Cc1cc(C(=O)NNC(=O)c2cc([N+](=O)[O-])ccc2N2CCCC2)c(C)o1. The zero-order valence-electron chi connectivity index (χ0n) is 15.1. The van der Waals surface area contributed by atoms with E-state index in [0.29, 0.717) is 22.8 Å². The van der Waals surface area contributed by atoms with Gasteiger partial charge in [-0.3, -0.25) is 30.6 Å². The van der Waals surface area contributed by atoms with E-state index in [1.807, 2.05) is 4.90 Å². The van der Waals surface area contributed by atoms with E-state index in [0.717, 1.165) is 25.9 Å². The molecule has 0 aliphatic carbocycles. The highest BCUT2D eigenvalue weighted by atomic mass is 16.6. The molecule has 0 spiro atoms. The molecule has 9 nitrogen and oxygen atoms in total. The first-order valence-electron chi connectivity index (χ1n) is 8.58. The standard InChI is InChI=1S/C18H20N4O5/c1-11-9-14(12(2)27-11)17(23)19-20-18(24)15-10-13(22(25)26)5-6-16(15)21-7-3-4-8-21/h5-6,9-10H,3-4,7-8H2,1-2H3,(H,19,23)(H,20,24). The summed E-state index contributed by atoms with van der Waals surface area (Å²) in [6.45, 7) is 4.92. The molecule has 1 aliphatic rings. The number of amides is 2. The van der Waals surface area contributed by atoms with Gasteiger partial charge in [-0.1, -0.05) is 0 Å². The molecule has 3 rings (SSSR count). The topological polar surface area (TPSA) is 118 Å². The molecule has 0 unspecified atom stereocenters. The molecule has 142 valence electrons. The van der Waals surface area contributed by atoms with Crippen LogP contribution in [0.25, 0.3) is 0 Å². The zero-order chi connectivity index (χ0) is 19.6. The summed E-state index contributed by atoms with van der Waals surface area (Å²) in [6, 6.07) is 5.74. The summed E-state index contributed by atoms with van der Waals surface area (Å²) in [5, 5.41) is 11.1. The van der Waals surface area contributed by atoms with E-state index < -0.39 is 16.7 Å². The fourth-order valence-corrected chi connectivity index (χ4v) is 3.16. The summed E-state index contributed by atoms with van der Waals surface area (Å²) in [7, 11) is 0. The summed E-state index contributed by atoms with van der Waals surface area (Å²) in [4.78, 5) is 37.4. The highest BCUT2D eigenvalue weighted by Crippen LogP contribution is 2.28. The maximum Gasteiger partial charge on any atom is 0.273 e. The van der Waals surface area contributed by atoms with Crippen LogP contribution in [0.4, 0.5) is 11.4 Å². The van der Waals surface area contributed by atoms with Gasteiger partial charge >= 0.3 is 0 Å². The summed E-state index contributed by atoms with van der Waals surface area (Å²) in [5.41, 5.74) is 5.55. The number of non-ortho nitro benzene ring substituents is 1. The van der Waals surface area contributed by atoms with Crippen molar-refractivity contribution >= 4 is 23.2 Å². The lowest BCUT2D eigenvalue weighted by molar-refractivity contribution is -0.384. The second-order valence-corrected chi connectivity index (χ2v) is 6.39. The number of rotatable bonds is 4. The van der Waals surface area contributed by atoms with E-state index in [-0.39, 0.29) is 11.3 Å². The molecule has 9 heteroatoms. The number of carbonyl (C=O) groups excluding carboxylic acids is 2. The Bertz CT molecular complexity index is 899. The zero-order valence-corrected chi connectivity index (χ0v) is 15.1. The number of hydrogen-bond acceptors (Lipinski definition) is 6. The van der Waals surface area contributed by atoms with E-state index >= 15 is 0 Å². The van der Waals surface area contributed by atoms with Crippen molar-refractivity contribution in [3.05, 3.63) is 57.0 Å². The Balaban J connectivity index is 1.80. The number of hydrogen-bond donors (Lipinski definition) is 2. The van der Waals surface area contributed by atoms with Crippen molar-refractivity contribution in [3.63, 3.8) is 0 Å². The van der Waals surface area contributed by atoms with E-state index in [4.69, 9.17) is 4.42 Å². The number of nitrogens with one attached hydrogen (secondary N) is 2. The van der Waals surface area contributed by atoms with Crippen molar-refractivity contribution in [2.45, 2.75) is 26.7 Å². The lowest BCUT2D eigenvalue weighted by atomic mass is 10.1. The molecule has 2 N–H and O–H groups in total. The van der Waals surface area contributed by atoms with Gasteiger partial charge in [0.1, 0.15) is 11.5 Å². The second kappa shape index (κ2) is 7.48. The number of anilines is 1. The minimum Gasteiger partial charge on any atom is -0.466 e. The monoisotopic (exact) mass is 372 g/mol. The third-order valence-electron chi connectivity index (χ3n) is 4.46. The van der Waals surface area contributed by atoms with Gasteiger partial charge in [0.15, 0.2) is 0 Å². The molecule has 0 radical (unpaired) electrons. The van der Waals surface area contributed by atoms with Gasteiger partial charge in [0.05, 0.1) is 21.7 Å². The number of nitro benzene ring substituents is 1. The van der Waals surface area contributed by atoms with E-state index in [2.05, 4.69) is 10.9 Å². The van der Waals surface area contributed by atoms with E-state index in [1.165, 1.54) is 12.1 Å². The Hall–Kier alpha value is -3.36. The Labute approximate surface area is 155 Å². The first kappa shape index (κ1) is 18.4. The van der Waals surface area contributed by atoms with Crippen molar-refractivity contribution in [3.8, 4) is 0 Å². The smallest absolute Gasteiger partial charge is 0.273 e. The van der Waals surface area contributed by atoms with Crippen molar-refractivity contribution in [1.29, 1.82) is 0 Å². The normalized spacial score (nSPS) is 13.5. The average Bonchev–Trinajstić information content (AvgIpc) is 3.28. The Morgan fingerprint density at radius 2 is 1.70 bits per heavy atom. The van der Waals surface area contributed by atoms with Crippen LogP contribution in [-0.2, 0) is 0 Å². The van der Waals surface area contributed by atoms with Gasteiger partial charge in [-0.05, 0) is 38.8 Å². The quantitative estimate of drug-likeness (QED) is 0.629. The fourth-order valence-electron chi connectivity index (χ4n) is 3.16. The molecule has 0 saturated carbocycles. The number of hydrazine groups is 1. The molecule has 0 bridgehead atoms. The van der Waals surface area contributed by atoms with Crippen LogP contribution < -0.4 is 15.8 Å². The third-order valence-corrected chi connectivity index (χ3v) is 4.46. The molecule has 1 aromatic heterocycles. The predicted octanol–water partition coefficient (Wildman–Crippen LogP) is 2.48. The molecule has 1 saturated heterocycles. The van der Waals surface area contributed by atoms with Crippen LogP contribution in [0.3, 0.4) is 0 Å². The number of carbonyl (C=O) groups is 2. The lowest BCUT2D eigenvalue weighted by Gasteiger charge is -2.20. The Morgan fingerprint density at radius 3 is 2.26 bits per heavy atom. The number of aryl methyl sites for hydroxylation is 2. The van der Waals surface area contributed by atoms with E-state index in [1.54, 1.807) is 26.0 Å². The summed E-state index contributed by atoms with van der Waals surface area (Å²) in [6.07, 6.45) is 1.99. The number of benzene rings is 1. The largest absolute Gasteiger partial charge is 0.466 e. The van der Waals surface area contributed by atoms with Crippen LogP contribution >= 0.6 is 0 Å². The maximum absolute atomic E-state index is 12.6. The van der Waals surface area contributed by atoms with Gasteiger partial charge < -0.3 is 9.32 Å². The summed E-state index contributed by atoms with van der Waals surface area (Å²) < 4.78 is 5.30. The minimum atomic E-state index is -0.619. The van der Waals surface area contributed by atoms with Gasteiger partial charge in [-0.2, -0.15) is 0 Å². The van der Waals surface area contributed by atoms with Gasteiger partial charge in [0.2, 0.25) is 0 Å². The highest BCUT2D eigenvalue weighted by Gasteiger charge is 2.23. The first-order chi connectivity index (χ1) is 12.9. The molecule has 2 amide bonds. The van der Waals surface area contributed by atoms with Crippen molar-refractivity contribution < 1.29 is 18.9 Å². The summed E-state index contributed by atoms with van der Waals surface area (Å²) >= 11 is 0.